The fraction of sp³-hybridized carbons (Fsp3) is 0.833. The summed E-state index contributed by atoms with van der Waals surface area (Å²) in [5.74, 6) is 0. The summed E-state index contributed by atoms with van der Waals surface area (Å²) in [7, 11) is 0. The molecule has 0 saturated carbocycles. The van der Waals surface area contributed by atoms with E-state index in [2.05, 4.69) is 11.0 Å². The number of nitrogens with zero attached hydrogens (tertiary/aromatic N) is 3. The third-order valence-corrected chi connectivity index (χ3v) is 2.81. The van der Waals surface area contributed by atoms with Gasteiger partial charge in [-0.15, -0.1) is 0 Å². The first-order valence-corrected chi connectivity index (χ1v) is 6.36. The van der Waals surface area contributed by atoms with E-state index in [1.807, 2.05) is 0 Å². The van der Waals surface area contributed by atoms with Crippen molar-refractivity contribution in [3.05, 3.63) is 0 Å². The van der Waals surface area contributed by atoms with E-state index in [-0.39, 0.29) is 6.09 Å². The predicted molar refractivity (Wildman–Crippen MR) is 66.1 cm³/mol. The van der Waals surface area contributed by atoms with Crippen LogP contribution in [0, 0.1) is 11.3 Å². The van der Waals surface area contributed by atoms with E-state index in [0.717, 1.165) is 32.8 Å². The first-order chi connectivity index (χ1) is 8.77. The van der Waals surface area contributed by atoms with Crippen LogP contribution in [0.25, 0.3) is 0 Å². The van der Waals surface area contributed by atoms with Gasteiger partial charge in [-0.2, -0.15) is 5.26 Å². The highest BCUT2D eigenvalue weighted by Gasteiger charge is 2.16. The van der Waals surface area contributed by atoms with Crippen LogP contribution >= 0.6 is 0 Å². The first-order valence-electron chi connectivity index (χ1n) is 6.36. The molecule has 0 unspecified atom stereocenters. The minimum atomic E-state index is -0.332. The van der Waals surface area contributed by atoms with E-state index in [1.165, 1.54) is 0 Å². The molecule has 6 heteroatoms. The molecule has 1 fully saturated rings. The molecule has 1 amide bonds. The van der Waals surface area contributed by atoms with Crippen LogP contribution in [0.3, 0.4) is 0 Å². The van der Waals surface area contributed by atoms with Gasteiger partial charge in [0.05, 0.1) is 32.3 Å². The number of carbonyl (C=O) groups excluding carboxylic acids is 1. The predicted octanol–water partition coefficient (Wildman–Crippen LogP) is 0.691. The quantitative estimate of drug-likeness (QED) is 0.698. The molecule has 0 radical (unpaired) electrons. The van der Waals surface area contributed by atoms with E-state index in [1.54, 1.807) is 11.8 Å². The van der Waals surface area contributed by atoms with E-state index in [4.69, 9.17) is 14.7 Å². The number of carbonyl (C=O) groups is 1. The minimum Gasteiger partial charge on any atom is -0.450 e. The Bertz CT molecular complexity index is 285. The summed E-state index contributed by atoms with van der Waals surface area (Å²) in [5, 5.41) is 8.59. The number of hydrogen-bond acceptors (Lipinski definition) is 5. The van der Waals surface area contributed by atoms with Crippen LogP contribution in [-0.4, -0.2) is 68.4 Å². The highest BCUT2D eigenvalue weighted by Crippen LogP contribution is 2.00. The van der Waals surface area contributed by atoms with Crippen molar-refractivity contribution in [3.8, 4) is 6.07 Å². The highest BCUT2D eigenvalue weighted by atomic mass is 16.6. The zero-order chi connectivity index (χ0) is 13.2. The zero-order valence-electron chi connectivity index (χ0n) is 10.9. The second-order valence-electron chi connectivity index (χ2n) is 4.05. The van der Waals surface area contributed by atoms with E-state index < -0.39 is 0 Å². The molecule has 0 aromatic carbocycles. The summed E-state index contributed by atoms with van der Waals surface area (Å²) in [6.07, 6.45) is 0.00284. The molecule has 0 N–H and O–H groups in total. The zero-order valence-corrected chi connectivity index (χ0v) is 10.9. The molecule has 0 bridgehead atoms. The van der Waals surface area contributed by atoms with E-state index in [9.17, 15) is 4.79 Å². The van der Waals surface area contributed by atoms with Gasteiger partial charge in [-0.25, -0.2) is 4.79 Å². The normalized spacial score (nSPS) is 16.0. The van der Waals surface area contributed by atoms with Crippen LogP contribution in [0.4, 0.5) is 4.79 Å². The summed E-state index contributed by atoms with van der Waals surface area (Å²) in [4.78, 5) is 15.5. The van der Waals surface area contributed by atoms with Crippen LogP contribution in [-0.2, 0) is 9.47 Å². The third kappa shape index (κ3) is 5.34. The molecule has 1 rings (SSSR count). The first kappa shape index (κ1) is 14.7. The van der Waals surface area contributed by atoms with Crippen molar-refractivity contribution in [2.24, 2.45) is 0 Å². The lowest BCUT2D eigenvalue weighted by Crippen LogP contribution is -2.43. The maximum Gasteiger partial charge on any atom is 0.409 e. The number of rotatable bonds is 6. The second kappa shape index (κ2) is 8.72. The van der Waals surface area contributed by atoms with Gasteiger partial charge in [0.25, 0.3) is 0 Å². The van der Waals surface area contributed by atoms with Crippen LogP contribution in [0.2, 0.25) is 0 Å². The lowest BCUT2D eigenvalue weighted by Gasteiger charge is -2.29. The Morgan fingerprint density at radius 2 is 2.17 bits per heavy atom. The van der Waals surface area contributed by atoms with Crippen molar-refractivity contribution in [1.82, 2.24) is 9.80 Å². The topological polar surface area (TPSA) is 65.8 Å². The van der Waals surface area contributed by atoms with Gasteiger partial charge >= 0.3 is 6.09 Å². The molecule has 1 aliphatic heterocycles. The van der Waals surface area contributed by atoms with Crippen LogP contribution in [0.15, 0.2) is 0 Å². The molecule has 0 spiro atoms. The SMILES string of the molecule is CCOC(=O)N(CCC#N)CCN1CCOCC1. The van der Waals surface area contributed by atoms with Gasteiger partial charge in [-0.05, 0) is 6.92 Å². The summed E-state index contributed by atoms with van der Waals surface area (Å²) < 4.78 is 10.2. The standard InChI is InChI=1S/C12H21N3O3/c1-2-18-12(16)15(5-3-4-13)7-6-14-8-10-17-11-9-14/h2-3,5-11H2,1H3. The summed E-state index contributed by atoms with van der Waals surface area (Å²) in [5.41, 5.74) is 0. The molecular weight excluding hydrogens is 234 g/mol. The highest BCUT2D eigenvalue weighted by molar-refractivity contribution is 5.67. The van der Waals surface area contributed by atoms with Crippen molar-refractivity contribution in [3.63, 3.8) is 0 Å². The van der Waals surface area contributed by atoms with Crippen molar-refractivity contribution < 1.29 is 14.3 Å². The van der Waals surface area contributed by atoms with Crippen molar-refractivity contribution >= 4 is 6.09 Å². The van der Waals surface area contributed by atoms with Crippen molar-refractivity contribution in [2.45, 2.75) is 13.3 Å². The van der Waals surface area contributed by atoms with Gasteiger partial charge in [0, 0.05) is 32.7 Å². The number of amides is 1. The molecule has 1 saturated heterocycles. The fourth-order valence-electron chi connectivity index (χ4n) is 1.78. The Morgan fingerprint density at radius 1 is 1.44 bits per heavy atom. The number of ether oxygens (including phenoxy) is 2. The van der Waals surface area contributed by atoms with Gasteiger partial charge in [-0.3, -0.25) is 4.90 Å². The van der Waals surface area contributed by atoms with Gasteiger partial charge in [0.2, 0.25) is 0 Å². The van der Waals surface area contributed by atoms with Gasteiger partial charge in [-0.1, -0.05) is 0 Å². The maximum absolute atomic E-state index is 11.7. The van der Waals surface area contributed by atoms with Crippen molar-refractivity contribution in [1.29, 1.82) is 5.26 Å². The largest absolute Gasteiger partial charge is 0.450 e. The third-order valence-electron chi connectivity index (χ3n) is 2.81. The summed E-state index contributed by atoms with van der Waals surface area (Å²) in [6.45, 7) is 7.26. The lowest BCUT2D eigenvalue weighted by molar-refractivity contribution is 0.0324. The average Bonchev–Trinajstić information content (AvgIpc) is 2.40. The number of hydrogen-bond donors (Lipinski definition) is 0. The monoisotopic (exact) mass is 255 g/mol. The Morgan fingerprint density at radius 3 is 2.78 bits per heavy atom. The smallest absolute Gasteiger partial charge is 0.409 e. The Labute approximate surface area is 108 Å². The number of nitriles is 1. The molecule has 0 aromatic heterocycles. The van der Waals surface area contributed by atoms with Crippen molar-refractivity contribution in [2.75, 3.05) is 52.5 Å². The van der Waals surface area contributed by atoms with E-state index in [0.29, 0.717) is 26.1 Å². The van der Waals surface area contributed by atoms with Crippen LogP contribution in [0.5, 0.6) is 0 Å². The molecule has 0 atom stereocenters. The second-order valence-corrected chi connectivity index (χ2v) is 4.05. The average molecular weight is 255 g/mol. The van der Waals surface area contributed by atoms with E-state index >= 15 is 0 Å². The lowest BCUT2D eigenvalue weighted by atomic mass is 10.3. The van der Waals surface area contributed by atoms with Gasteiger partial charge < -0.3 is 14.4 Å². The Kier molecular flexibility index (Phi) is 7.14. The van der Waals surface area contributed by atoms with Gasteiger partial charge in [0.1, 0.15) is 0 Å². The Hall–Kier alpha value is -1.32. The fourth-order valence-corrected chi connectivity index (χ4v) is 1.78. The van der Waals surface area contributed by atoms with Gasteiger partial charge in [0.15, 0.2) is 0 Å². The molecule has 6 nitrogen and oxygen atoms in total. The molecule has 1 heterocycles. The molecular formula is C12H21N3O3. The molecule has 0 aliphatic carbocycles. The summed E-state index contributed by atoms with van der Waals surface area (Å²) in [6, 6.07) is 2.05. The molecule has 0 aromatic rings. The number of morpholine rings is 1. The van der Waals surface area contributed by atoms with Crippen LogP contribution < -0.4 is 0 Å². The Balaban J connectivity index is 2.34. The molecule has 18 heavy (non-hydrogen) atoms. The molecule has 102 valence electrons. The maximum atomic E-state index is 11.7. The minimum absolute atomic E-state index is 0.332. The molecule has 1 aliphatic rings. The summed E-state index contributed by atoms with van der Waals surface area (Å²) >= 11 is 0. The van der Waals surface area contributed by atoms with Crippen LogP contribution in [0.1, 0.15) is 13.3 Å².